The summed E-state index contributed by atoms with van der Waals surface area (Å²) in [6, 6.07) is 0.796. The molecule has 1 heterocycles. The second-order valence-corrected chi connectivity index (χ2v) is 6.39. The van der Waals surface area contributed by atoms with Crippen LogP contribution < -0.4 is 5.32 Å². The van der Waals surface area contributed by atoms with Gasteiger partial charge in [0.1, 0.15) is 0 Å². The Morgan fingerprint density at radius 2 is 1.88 bits per heavy atom. The first-order valence-electron chi connectivity index (χ1n) is 7.05. The van der Waals surface area contributed by atoms with E-state index in [9.17, 15) is 0 Å². The number of rotatable bonds is 7. The molecule has 3 heteroatoms. The van der Waals surface area contributed by atoms with Crippen LogP contribution in [0.2, 0.25) is 0 Å². The van der Waals surface area contributed by atoms with Gasteiger partial charge in [0.25, 0.3) is 0 Å². The van der Waals surface area contributed by atoms with Crippen molar-refractivity contribution >= 4 is 0 Å². The summed E-state index contributed by atoms with van der Waals surface area (Å²) in [5.74, 6) is 0.718. The Hall–Kier alpha value is -0.120. The maximum absolute atomic E-state index is 5.90. The Balaban J connectivity index is 1.55. The Morgan fingerprint density at radius 1 is 1.18 bits per heavy atom. The zero-order valence-electron chi connectivity index (χ0n) is 11.3. The van der Waals surface area contributed by atoms with Crippen molar-refractivity contribution in [2.45, 2.75) is 45.6 Å². The van der Waals surface area contributed by atoms with E-state index in [2.05, 4.69) is 19.2 Å². The van der Waals surface area contributed by atoms with Crippen LogP contribution in [0.1, 0.15) is 39.5 Å². The number of ether oxygens (including phenoxy) is 2. The summed E-state index contributed by atoms with van der Waals surface area (Å²) in [5, 5.41) is 3.59. The SMILES string of the molecule is CC(C)(CNC1CC1)COCC1CCOCC1. The van der Waals surface area contributed by atoms with Crippen LogP contribution in [0, 0.1) is 11.3 Å². The fourth-order valence-electron chi connectivity index (χ4n) is 2.17. The zero-order valence-corrected chi connectivity index (χ0v) is 11.3. The van der Waals surface area contributed by atoms with E-state index in [0.717, 1.165) is 44.9 Å². The lowest BCUT2D eigenvalue weighted by Crippen LogP contribution is -2.35. The third-order valence-corrected chi connectivity index (χ3v) is 3.63. The summed E-state index contributed by atoms with van der Waals surface area (Å²) in [4.78, 5) is 0. The van der Waals surface area contributed by atoms with Gasteiger partial charge >= 0.3 is 0 Å². The van der Waals surface area contributed by atoms with E-state index >= 15 is 0 Å². The first-order valence-corrected chi connectivity index (χ1v) is 7.05. The summed E-state index contributed by atoms with van der Waals surface area (Å²) >= 11 is 0. The molecule has 1 saturated heterocycles. The zero-order chi connectivity index (χ0) is 12.1. The Labute approximate surface area is 105 Å². The Bertz CT molecular complexity index is 220. The fraction of sp³-hybridized carbons (Fsp3) is 1.00. The predicted molar refractivity (Wildman–Crippen MR) is 69.2 cm³/mol. The van der Waals surface area contributed by atoms with Crippen molar-refractivity contribution < 1.29 is 9.47 Å². The van der Waals surface area contributed by atoms with E-state index in [1.165, 1.54) is 25.7 Å². The average Bonchev–Trinajstić information content (AvgIpc) is 3.12. The van der Waals surface area contributed by atoms with E-state index in [1.54, 1.807) is 0 Å². The Kier molecular flexibility index (Phi) is 4.83. The fourth-order valence-corrected chi connectivity index (χ4v) is 2.17. The molecule has 1 aliphatic heterocycles. The van der Waals surface area contributed by atoms with Crippen LogP contribution in [0.3, 0.4) is 0 Å². The van der Waals surface area contributed by atoms with Crippen LogP contribution >= 0.6 is 0 Å². The summed E-state index contributed by atoms with van der Waals surface area (Å²) in [6.45, 7) is 9.26. The highest BCUT2D eigenvalue weighted by atomic mass is 16.5. The largest absolute Gasteiger partial charge is 0.381 e. The van der Waals surface area contributed by atoms with Crippen LogP contribution in [0.5, 0.6) is 0 Å². The van der Waals surface area contributed by atoms with Crippen molar-refractivity contribution in [1.82, 2.24) is 5.32 Å². The molecule has 2 aliphatic rings. The molecule has 2 fully saturated rings. The van der Waals surface area contributed by atoms with E-state index in [-0.39, 0.29) is 5.41 Å². The summed E-state index contributed by atoms with van der Waals surface area (Å²) in [6.07, 6.45) is 5.06. The molecule has 0 aromatic rings. The monoisotopic (exact) mass is 241 g/mol. The van der Waals surface area contributed by atoms with Gasteiger partial charge in [-0.1, -0.05) is 13.8 Å². The second kappa shape index (κ2) is 6.17. The molecule has 0 spiro atoms. The highest BCUT2D eigenvalue weighted by Crippen LogP contribution is 2.22. The standard InChI is InChI=1S/C14H27NO2/c1-14(2,10-15-13-3-4-13)11-17-9-12-5-7-16-8-6-12/h12-13,15H,3-11H2,1-2H3. The van der Waals surface area contributed by atoms with Gasteiger partial charge in [0.15, 0.2) is 0 Å². The van der Waals surface area contributed by atoms with Crippen LogP contribution in [0.15, 0.2) is 0 Å². The molecule has 0 aromatic heterocycles. The summed E-state index contributed by atoms with van der Waals surface area (Å²) in [5.41, 5.74) is 0.258. The van der Waals surface area contributed by atoms with Gasteiger partial charge in [0.05, 0.1) is 6.61 Å². The molecular weight excluding hydrogens is 214 g/mol. The minimum absolute atomic E-state index is 0.258. The lowest BCUT2D eigenvalue weighted by molar-refractivity contribution is -0.00161. The first-order chi connectivity index (χ1) is 8.16. The molecule has 2 rings (SSSR count). The lowest BCUT2D eigenvalue weighted by Gasteiger charge is -2.27. The third-order valence-electron chi connectivity index (χ3n) is 3.63. The van der Waals surface area contributed by atoms with Crippen LogP contribution in [-0.2, 0) is 9.47 Å². The predicted octanol–water partition coefficient (Wildman–Crippen LogP) is 2.21. The molecule has 0 atom stereocenters. The molecule has 0 amide bonds. The number of hydrogen-bond donors (Lipinski definition) is 1. The molecule has 0 radical (unpaired) electrons. The first kappa shape index (κ1) is 13.3. The topological polar surface area (TPSA) is 30.5 Å². The molecule has 17 heavy (non-hydrogen) atoms. The smallest absolute Gasteiger partial charge is 0.0529 e. The summed E-state index contributed by atoms with van der Waals surface area (Å²) < 4.78 is 11.2. The van der Waals surface area contributed by atoms with E-state index < -0.39 is 0 Å². The van der Waals surface area contributed by atoms with Crippen molar-refractivity contribution in [2.24, 2.45) is 11.3 Å². The van der Waals surface area contributed by atoms with Gasteiger partial charge in [-0.05, 0) is 31.6 Å². The average molecular weight is 241 g/mol. The minimum atomic E-state index is 0.258. The van der Waals surface area contributed by atoms with Gasteiger partial charge in [-0.3, -0.25) is 0 Å². The van der Waals surface area contributed by atoms with Gasteiger partial charge in [0.2, 0.25) is 0 Å². The molecule has 0 aromatic carbocycles. The van der Waals surface area contributed by atoms with Crippen molar-refractivity contribution in [2.75, 3.05) is 33.0 Å². The van der Waals surface area contributed by atoms with Crippen LogP contribution in [0.4, 0.5) is 0 Å². The summed E-state index contributed by atoms with van der Waals surface area (Å²) in [7, 11) is 0. The van der Waals surface area contributed by atoms with Crippen molar-refractivity contribution in [3.05, 3.63) is 0 Å². The molecule has 1 N–H and O–H groups in total. The molecule has 0 bridgehead atoms. The molecule has 100 valence electrons. The quantitative estimate of drug-likeness (QED) is 0.741. The molecular formula is C14H27NO2. The van der Waals surface area contributed by atoms with Crippen LogP contribution in [0.25, 0.3) is 0 Å². The van der Waals surface area contributed by atoms with Gasteiger partial charge in [-0.2, -0.15) is 0 Å². The number of hydrogen-bond acceptors (Lipinski definition) is 3. The van der Waals surface area contributed by atoms with Crippen LogP contribution in [-0.4, -0.2) is 39.0 Å². The van der Waals surface area contributed by atoms with Gasteiger partial charge in [-0.15, -0.1) is 0 Å². The van der Waals surface area contributed by atoms with E-state index in [1.807, 2.05) is 0 Å². The van der Waals surface area contributed by atoms with Gasteiger partial charge < -0.3 is 14.8 Å². The Morgan fingerprint density at radius 3 is 2.53 bits per heavy atom. The normalized spacial score (nSPS) is 22.9. The molecule has 1 saturated carbocycles. The second-order valence-electron chi connectivity index (χ2n) is 6.39. The van der Waals surface area contributed by atoms with E-state index in [0.29, 0.717) is 0 Å². The van der Waals surface area contributed by atoms with Crippen molar-refractivity contribution in [3.63, 3.8) is 0 Å². The maximum Gasteiger partial charge on any atom is 0.0529 e. The van der Waals surface area contributed by atoms with Crippen molar-refractivity contribution in [3.8, 4) is 0 Å². The highest BCUT2D eigenvalue weighted by molar-refractivity contribution is 4.84. The van der Waals surface area contributed by atoms with Crippen molar-refractivity contribution in [1.29, 1.82) is 0 Å². The molecule has 3 nitrogen and oxygen atoms in total. The molecule has 0 unspecified atom stereocenters. The number of nitrogens with one attached hydrogen (secondary N) is 1. The highest BCUT2D eigenvalue weighted by Gasteiger charge is 2.25. The van der Waals surface area contributed by atoms with Gasteiger partial charge in [0, 0.05) is 37.8 Å². The minimum Gasteiger partial charge on any atom is -0.381 e. The van der Waals surface area contributed by atoms with Gasteiger partial charge in [-0.25, -0.2) is 0 Å². The lowest BCUT2D eigenvalue weighted by atomic mass is 9.94. The molecule has 1 aliphatic carbocycles. The van der Waals surface area contributed by atoms with E-state index in [4.69, 9.17) is 9.47 Å². The maximum atomic E-state index is 5.90. The third kappa shape index (κ3) is 5.36.